The van der Waals surface area contributed by atoms with E-state index in [1.165, 1.54) is 18.6 Å². The van der Waals surface area contributed by atoms with Crippen LogP contribution in [0.15, 0.2) is 22.7 Å². The molecule has 0 amide bonds. The number of benzene rings is 1. The van der Waals surface area contributed by atoms with Crippen molar-refractivity contribution in [3.63, 3.8) is 0 Å². The number of hydrogen-bond acceptors (Lipinski definition) is 3. The molecule has 1 aliphatic carbocycles. The fraction of sp³-hybridized carbons (Fsp3) is 0.500. The minimum atomic E-state index is -0.408. The fourth-order valence-corrected chi connectivity index (χ4v) is 3.22. The molecule has 1 saturated carbocycles. The Labute approximate surface area is 120 Å². The monoisotopic (exact) mass is 322 g/mol. The molecular weight excluding hydrogens is 308 g/mol. The number of non-ortho nitro benzene ring substituents is 1. The van der Waals surface area contributed by atoms with Gasteiger partial charge in [-0.2, -0.15) is 5.26 Å². The van der Waals surface area contributed by atoms with Crippen molar-refractivity contribution in [2.24, 2.45) is 5.41 Å². The van der Waals surface area contributed by atoms with Crippen molar-refractivity contribution in [3.05, 3.63) is 38.3 Å². The van der Waals surface area contributed by atoms with E-state index in [1.807, 2.05) is 0 Å². The average molecular weight is 323 g/mol. The third-order valence-electron chi connectivity index (χ3n) is 3.82. The Morgan fingerprint density at radius 3 is 2.58 bits per heavy atom. The lowest BCUT2D eigenvalue weighted by Gasteiger charge is -2.30. The second-order valence-electron chi connectivity index (χ2n) is 5.16. The number of nitriles is 1. The topological polar surface area (TPSA) is 66.9 Å². The van der Waals surface area contributed by atoms with E-state index >= 15 is 0 Å². The molecule has 0 N–H and O–H groups in total. The highest BCUT2D eigenvalue weighted by Crippen LogP contribution is 2.40. The van der Waals surface area contributed by atoms with Crippen LogP contribution < -0.4 is 0 Å². The Bertz CT molecular complexity index is 531. The molecule has 19 heavy (non-hydrogen) atoms. The van der Waals surface area contributed by atoms with Gasteiger partial charge in [0.15, 0.2) is 0 Å². The van der Waals surface area contributed by atoms with Crippen LogP contribution in [0.1, 0.15) is 37.7 Å². The third kappa shape index (κ3) is 3.13. The summed E-state index contributed by atoms with van der Waals surface area (Å²) in [5, 5.41) is 20.2. The number of hydrogen-bond donors (Lipinski definition) is 0. The van der Waals surface area contributed by atoms with E-state index < -0.39 is 4.92 Å². The Hall–Kier alpha value is -1.41. The van der Waals surface area contributed by atoms with E-state index in [-0.39, 0.29) is 11.1 Å². The first-order valence-corrected chi connectivity index (χ1v) is 7.20. The first-order valence-electron chi connectivity index (χ1n) is 6.40. The van der Waals surface area contributed by atoms with Crippen molar-refractivity contribution in [3.8, 4) is 6.07 Å². The van der Waals surface area contributed by atoms with E-state index in [1.54, 1.807) is 6.07 Å². The van der Waals surface area contributed by atoms with Gasteiger partial charge < -0.3 is 0 Å². The van der Waals surface area contributed by atoms with Crippen molar-refractivity contribution < 1.29 is 4.92 Å². The van der Waals surface area contributed by atoms with Gasteiger partial charge in [-0.3, -0.25) is 10.1 Å². The molecule has 0 aromatic heterocycles. The summed E-state index contributed by atoms with van der Waals surface area (Å²) in [6.07, 6.45) is 5.91. The maximum Gasteiger partial charge on any atom is 0.270 e. The van der Waals surface area contributed by atoms with E-state index in [2.05, 4.69) is 22.0 Å². The van der Waals surface area contributed by atoms with E-state index in [0.29, 0.717) is 6.42 Å². The SMILES string of the molecule is N#CC1(Cc2ccc([N+](=O)[O-])cc2Br)CCCCC1. The van der Waals surface area contributed by atoms with Crippen LogP contribution in [0.4, 0.5) is 5.69 Å². The number of halogens is 1. The second-order valence-corrected chi connectivity index (χ2v) is 6.02. The first kappa shape index (κ1) is 14.0. The zero-order valence-electron chi connectivity index (χ0n) is 10.6. The van der Waals surface area contributed by atoms with Gasteiger partial charge in [0, 0.05) is 16.6 Å². The maximum atomic E-state index is 10.7. The van der Waals surface area contributed by atoms with Crippen LogP contribution in [0.2, 0.25) is 0 Å². The minimum absolute atomic E-state index is 0.0743. The van der Waals surface area contributed by atoms with E-state index in [4.69, 9.17) is 0 Å². The van der Waals surface area contributed by atoms with Crippen LogP contribution in [0.5, 0.6) is 0 Å². The van der Waals surface area contributed by atoms with Gasteiger partial charge in [-0.25, -0.2) is 0 Å². The predicted octanol–water partition coefficient (Wildman–Crippen LogP) is 4.37. The molecule has 2 rings (SSSR count). The zero-order chi connectivity index (χ0) is 13.9. The molecule has 0 radical (unpaired) electrons. The van der Waals surface area contributed by atoms with E-state index in [9.17, 15) is 15.4 Å². The van der Waals surface area contributed by atoms with E-state index in [0.717, 1.165) is 35.7 Å². The van der Waals surface area contributed by atoms with Crippen molar-refractivity contribution in [1.82, 2.24) is 0 Å². The molecule has 0 saturated heterocycles. The smallest absolute Gasteiger partial charge is 0.258 e. The van der Waals surface area contributed by atoms with Crippen molar-refractivity contribution in [2.75, 3.05) is 0 Å². The number of nitro benzene ring substituents is 1. The number of nitro groups is 1. The summed E-state index contributed by atoms with van der Waals surface area (Å²) in [6, 6.07) is 7.26. The normalized spacial score (nSPS) is 17.7. The molecule has 5 heteroatoms. The quantitative estimate of drug-likeness (QED) is 0.612. The molecule has 0 spiro atoms. The van der Waals surface area contributed by atoms with Gasteiger partial charge in [0.05, 0.1) is 16.4 Å². The van der Waals surface area contributed by atoms with Gasteiger partial charge in [0.2, 0.25) is 0 Å². The summed E-state index contributed by atoms with van der Waals surface area (Å²) in [7, 11) is 0. The summed E-state index contributed by atoms with van der Waals surface area (Å²) in [6.45, 7) is 0. The Kier molecular flexibility index (Phi) is 4.20. The van der Waals surface area contributed by atoms with Gasteiger partial charge in [-0.15, -0.1) is 0 Å². The van der Waals surface area contributed by atoms with Crippen LogP contribution >= 0.6 is 15.9 Å². The lowest BCUT2D eigenvalue weighted by molar-refractivity contribution is -0.384. The maximum absolute atomic E-state index is 10.7. The summed E-state index contributed by atoms with van der Waals surface area (Å²) in [4.78, 5) is 10.3. The van der Waals surface area contributed by atoms with Crippen LogP contribution in [-0.2, 0) is 6.42 Å². The van der Waals surface area contributed by atoms with Crippen LogP contribution in [-0.4, -0.2) is 4.92 Å². The van der Waals surface area contributed by atoms with Crippen molar-refractivity contribution in [2.45, 2.75) is 38.5 Å². The standard InChI is InChI=1S/C14H15BrN2O2/c15-13-8-12(17(18)19)5-4-11(13)9-14(10-16)6-2-1-3-7-14/h4-5,8H,1-3,6-7,9H2. The Balaban J connectivity index is 2.23. The molecule has 100 valence electrons. The molecule has 0 atom stereocenters. The highest BCUT2D eigenvalue weighted by atomic mass is 79.9. The van der Waals surface area contributed by atoms with Crippen molar-refractivity contribution in [1.29, 1.82) is 5.26 Å². The fourth-order valence-electron chi connectivity index (χ4n) is 2.71. The average Bonchev–Trinajstić information content (AvgIpc) is 2.42. The lowest BCUT2D eigenvalue weighted by Crippen LogP contribution is -2.25. The number of rotatable bonds is 3. The molecule has 1 aliphatic rings. The first-order chi connectivity index (χ1) is 9.06. The molecule has 1 aromatic rings. The highest BCUT2D eigenvalue weighted by molar-refractivity contribution is 9.10. The molecular formula is C14H15BrN2O2. The predicted molar refractivity (Wildman–Crippen MR) is 75.6 cm³/mol. The molecule has 0 aliphatic heterocycles. The summed E-state index contributed by atoms with van der Waals surface area (Å²) in [5.74, 6) is 0. The molecule has 0 unspecified atom stereocenters. The minimum Gasteiger partial charge on any atom is -0.258 e. The van der Waals surface area contributed by atoms with Crippen LogP contribution in [0.25, 0.3) is 0 Å². The second kappa shape index (κ2) is 5.70. The number of nitrogens with zero attached hydrogens (tertiary/aromatic N) is 2. The molecule has 0 heterocycles. The highest BCUT2D eigenvalue weighted by Gasteiger charge is 2.32. The molecule has 0 bridgehead atoms. The largest absolute Gasteiger partial charge is 0.270 e. The third-order valence-corrected chi connectivity index (χ3v) is 4.56. The van der Waals surface area contributed by atoms with Gasteiger partial charge in [-0.05, 0) is 24.8 Å². The van der Waals surface area contributed by atoms with Gasteiger partial charge in [-0.1, -0.05) is 41.3 Å². The zero-order valence-corrected chi connectivity index (χ0v) is 12.1. The molecule has 4 nitrogen and oxygen atoms in total. The van der Waals surface area contributed by atoms with Gasteiger partial charge in [0.25, 0.3) is 5.69 Å². The summed E-state index contributed by atoms with van der Waals surface area (Å²) >= 11 is 3.38. The molecule has 1 aromatic carbocycles. The Morgan fingerprint density at radius 1 is 1.37 bits per heavy atom. The Morgan fingerprint density at radius 2 is 2.05 bits per heavy atom. The lowest BCUT2D eigenvalue weighted by atomic mass is 9.71. The van der Waals surface area contributed by atoms with Crippen LogP contribution in [0.3, 0.4) is 0 Å². The summed E-state index contributed by atoms with van der Waals surface area (Å²) < 4.78 is 0.724. The molecule has 1 fully saturated rings. The van der Waals surface area contributed by atoms with Gasteiger partial charge >= 0.3 is 0 Å². The van der Waals surface area contributed by atoms with Crippen molar-refractivity contribution >= 4 is 21.6 Å². The van der Waals surface area contributed by atoms with Crippen LogP contribution in [0, 0.1) is 26.9 Å². The van der Waals surface area contributed by atoms with Gasteiger partial charge in [0.1, 0.15) is 0 Å². The summed E-state index contributed by atoms with van der Waals surface area (Å²) in [5.41, 5.74) is 0.760.